The van der Waals surface area contributed by atoms with Gasteiger partial charge in [-0.15, -0.1) is 0 Å². The van der Waals surface area contributed by atoms with E-state index in [1.54, 1.807) is 0 Å². The SMILES string of the molecule is NS(=O)(=O)c1cc(Br)c(OC2CCOCC2)c(Br)c1. The standard InChI is InChI=1S/C11H13Br2NO4S/c12-9-5-8(19(14,15)16)6-10(13)11(9)18-7-1-3-17-4-2-7/h5-7H,1-4H2,(H2,14,15,16). The fraction of sp³-hybridized carbons (Fsp3) is 0.455. The van der Waals surface area contributed by atoms with Crippen LogP contribution >= 0.6 is 31.9 Å². The van der Waals surface area contributed by atoms with Gasteiger partial charge in [-0.05, 0) is 44.0 Å². The number of rotatable bonds is 3. The van der Waals surface area contributed by atoms with E-state index >= 15 is 0 Å². The van der Waals surface area contributed by atoms with Crippen molar-refractivity contribution in [3.8, 4) is 5.75 Å². The van der Waals surface area contributed by atoms with Gasteiger partial charge in [0, 0.05) is 12.8 Å². The highest BCUT2D eigenvalue weighted by atomic mass is 79.9. The van der Waals surface area contributed by atoms with Crippen molar-refractivity contribution in [3.05, 3.63) is 21.1 Å². The summed E-state index contributed by atoms with van der Waals surface area (Å²) in [5.41, 5.74) is 0. The van der Waals surface area contributed by atoms with Crippen LogP contribution in [0.2, 0.25) is 0 Å². The Labute approximate surface area is 128 Å². The van der Waals surface area contributed by atoms with Gasteiger partial charge in [0.15, 0.2) is 0 Å². The van der Waals surface area contributed by atoms with Crippen LogP contribution in [0, 0.1) is 0 Å². The van der Waals surface area contributed by atoms with E-state index in [1.807, 2.05) is 0 Å². The normalized spacial score (nSPS) is 17.4. The third-order valence-electron chi connectivity index (χ3n) is 2.75. The molecule has 0 aromatic heterocycles. The molecule has 0 spiro atoms. The Morgan fingerprint density at radius 1 is 1.21 bits per heavy atom. The molecule has 0 amide bonds. The lowest BCUT2D eigenvalue weighted by atomic mass is 10.1. The van der Waals surface area contributed by atoms with Crippen LogP contribution in [-0.4, -0.2) is 27.7 Å². The number of hydrogen-bond donors (Lipinski definition) is 1. The van der Waals surface area contributed by atoms with E-state index in [0.29, 0.717) is 27.9 Å². The Morgan fingerprint density at radius 2 is 1.74 bits per heavy atom. The highest BCUT2D eigenvalue weighted by Gasteiger charge is 2.20. The predicted molar refractivity (Wildman–Crippen MR) is 77.7 cm³/mol. The monoisotopic (exact) mass is 413 g/mol. The van der Waals surface area contributed by atoms with Gasteiger partial charge in [-0.25, -0.2) is 13.6 Å². The van der Waals surface area contributed by atoms with E-state index in [9.17, 15) is 8.42 Å². The molecule has 19 heavy (non-hydrogen) atoms. The average Bonchev–Trinajstić information content (AvgIpc) is 2.33. The fourth-order valence-electron chi connectivity index (χ4n) is 1.77. The van der Waals surface area contributed by atoms with Gasteiger partial charge in [-0.1, -0.05) is 0 Å². The number of ether oxygens (including phenoxy) is 2. The molecule has 2 N–H and O–H groups in total. The van der Waals surface area contributed by atoms with Crippen LogP contribution in [0.1, 0.15) is 12.8 Å². The van der Waals surface area contributed by atoms with Crippen molar-refractivity contribution in [2.45, 2.75) is 23.8 Å². The number of sulfonamides is 1. The lowest BCUT2D eigenvalue weighted by Gasteiger charge is -2.24. The molecule has 1 fully saturated rings. The summed E-state index contributed by atoms with van der Waals surface area (Å²) in [4.78, 5) is 0.0329. The van der Waals surface area contributed by atoms with E-state index in [4.69, 9.17) is 14.6 Å². The zero-order valence-electron chi connectivity index (χ0n) is 9.93. The van der Waals surface area contributed by atoms with Crippen molar-refractivity contribution in [1.29, 1.82) is 0 Å². The summed E-state index contributed by atoms with van der Waals surface area (Å²) >= 11 is 6.62. The number of primary sulfonamides is 1. The molecule has 8 heteroatoms. The summed E-state index contributed by atoms with van der Waals surface area (Å²) in [6, 6.07) is 2.88. The minimum atomic E-state index is -3.73. The maximum Gasteiger partial charge on any atom is 0.238 e. The summed E-state index contributed by atoms with van der Waals surface area (Å²) in [7, 11) is -3.73. The molecule has 5 nitrogen and oxygen atoms in total. The summed E-state index contributed by atoms with van der Waals surface area (Å²) in [5, 5.41) is 5.10. The molecule has 2 rings (SSSR count). The number of benzene rings is 1. The van der Waals surface area contributed by atoms with Crippen molar-refractivity contribution in [1.82, 2.24) is 0 Å². The smallest absolute Gasteiger partial charge is 0.238 e. The van der Waals surface area contributed by atoms with Crippen LogP contribution in [0.4, 0.5) is 0 Å². The highest BCUT2D eigenvalue weighted by molar-refractivity contribution is 9.11. The average molecular weight is 415 g/mol. The van der Waals surface area contributed by atoms with Crippen LogP contribution < -0.4 is 9.88 Å². The summed E-state index contributed by atoms with van der Waals surface area (Å²) < 4.78 is 34.9. The Hall–Kier alpha value is -0.150. The van der Waals surface area contributed by atoms with E-state index in [1.165, 1.54) is 12.1 Å². The van der Waals surface area contributed by atoms with Gasteiger partial charge in [-0.2, -0.15) is 0 Å². The van der Waals surface area contributed by atoms with Crippen LogP contribution in [0.25, 0.3) is 0 Å². The third kappa shape index (κ3) is 3.91. The molecule has 106 valence electrons. The maximum atomic E-state index is 11.3. The molecule has 1 aromatic carbocycles. The van der Waals surface area contributed by atoms with Crippen LogP contribution in [0.15, 0.2) is 26.0 Å². The molecule has 1 aromatic rings. The topological polar surface area (TPSA) is 78.6 Å². The van der Waals surface area contributed by atoms with Gasteiger partial charge >= 0.3 is 0 Å². The fourth-order valence-corrected chi connectivity index (χ4v) is 4.01. The molecule has 1 aliphatic heterocycles. The Bertz CT molecular complexity index is 547. The predicted octanol–water partition coefficient (Wildman–Crippen LogP) is 2.42. The van der Waals surface area contributed by atoms with Crippen LogP contribution in [0.5, 0.6) is 5.75 Å². The first-order valence-electron chi connectivity index (χ1n) is 5.64. The summed E-state index contributed by atoms with van der Waals surface area (Å²) in [5.74, 6) is 0.583. The van der Waals surface area contributed by atoms with E-state index in [2.05, 4.69) is 31.9 Å². The molecule has 0 unspecified atom stereocenters. The second kappa shape index (κ2) is 6.09. The van der Waals surface area contributed by atoms with Gasteiger partial charge in [0.2, 0.25) is 10.0 Å². The van der Waals surface area contributed by atoms with Gasteiger partial charge in [0.1, 0.15) is 11.9 Å². The van der Waals surface area contributed by atoms with Gasteiger partial charge in [0.05, 0.1) is 27.1 Å². The largest absolute Gasteiger partial charge is 0.488 e. The Kier molecular flexibility index (Phi) is 4.88. The van der Waals surface area contributed by atoms with Crippen molar-refractivity contribution in [2.24, 2.45) is 5.14 Å². The minimum Gasteiger partial charge on any atom is -0.488 e. The molecule has 1 heterocycles. The Balaban J connectivity index is 2.26. The quantitative estimate of drug-likeness (QED) is 0.823. The molecule has 0 aliphatic carbocycles. The first-order chi connectivity index (χ1) is 8.88. The minimum absolute atomic E-state index is 0.0329. The zero-order valence-corrected chi connectivity index (χ0v) is 13.9. The van der Waals surface area contributed by atoms with Gasteiger partial charge < -0.3 is 9.47 Å². The number of hydrogen-bond acceptors (Lipinski definition) is 4. The molecule has 1 aliphatic rings. The van der Waals surface area contributed by atoms with E-state index in [-0.39, 0.29) is 11.0 Å². The van der Waals surface area contributed by atoms with E-state index < -0.39 is 10.0 Å². The van der Waals surface area contributed by atoms with Crippen molar-refractivity contribution in [3.63, 3.8) is 0 Å². The lowest BCUT2D eigenvalue weighted by Crippen LogP contribution is -2.26. The molecular weight excluding hydrogens is 402 g/mol. The van der Waals surface area contributed by atoms with E-state index in [0.717, 1.165) is 12.8 Å². The zero-order chi connectivity index (χ0) is 14.0. The molecule has 0 radical (unpaired) electrons. The summed E-state index contributed by atoms with van der Waals surface area (Å²) in [6.07, 6.45) is 1.70. The van der Waals surface area contributed by atoms with Gasteiger partial charge in [-0.3, -0.25) is 0 Å². The number of halogens is 2. The van der Waals surface area contributed by atoms with Crippen LogP contribution in [-0.2, 0) is 14.8 Å². The molecule has 0 bridgehead atoms. The van der Waals surface area contributed by atoms with Crippen LogP contribution in [0.3, 0.4) is 0 Å². The second-order valence-electron chi connectivity index (χ2n) is 4.19. The molecule has 1 saturated heterocycles. The maximum absolute atomic E-state index is 11.3. The first-order valence-corrected chi connectivity index (χ1v) is 8.77. The molecule has 0 saturated carbocycles. The number of nitrogens with two attached hydrogens (primary N) is 1. The first kappa shape index (κ1) is 15.2. The van der Waals surface area contributed by atoms with Crippen molar-refractivity contribution < 1.29 is 17.9 Å². The van der Waals surface area contributed by atoms with Gasteiger partial charge in [0.25, 0.3) is 0 Å². The summed E-state index contributed by atoms with van der Waals surface area (Å²) in [6.45, 7) is 1.35. The molecular formula is C11H13Br2NO4S. The van der Waals surface area contributed by atoms with Crippen molar-refractivity contribution >= 4 is 41.9 Å². The van der Waals surface area contributed by atoms with Crippen molar-refractivity contribution in [2.75, 3.05) is 13.2 Å². The second-order valence-corrected chi connectivity index (χ2v) is 7.46. The lowest BCUT2D eigenvalue weighted by molar-refractivity contribution is 0.0249. The highest BCUT2D eigenvalue weighted by Crippen LogP contribution is 2.37. The third-order valence-corrected chi connectivity index (χ3v) is 4.82. The molecule has 0 atom stereocenters. The Morgan fingerprint density at radius 3 is 2.21 bits per heavy atom.